The van der Waals surface area contributed by atoms with Crippen molar-refractivity contribution in [2.75, 3.05) is 13.7 Å². The molecular weight excluding hydrogens is 470 g/mol. The van der Waals surface area contributed by atoms with E-state index in [0.29, 0.717) is 25.3 Å². The van der Waals surface area contributed by atoms with Gasteiger partial charge in [-0.15, -0.1) is 0 Å². The molecule has 0 fully saturated rings. The van der Waals surface area contributed by atoms with E-state index in [0.717, 1.165) is 16.7 Å². The monoisotopic (exact) mass is 505 g/mol. The molecule has 3 aromatic carbocycles. The van der Waals surface area contributed by atoms with Crippen molar-refractivity contribution in [1.29, 1.82) is 0 Å². The van der Waals surface area contributed by atoms with Gasteiger partial charge in [0.2, 0.25) is 12.2 Å². The summed E-state index contributed by atoms with van der Waals surface area (Å²) in [5.41, 5.74) is 2.84. The molecule has 2 atom stereocenters. The normalized spacial score (nSPS) is 13.3. The van der Waals surface area contributed by atoms with Crippen molar-refractivity contribution < 1.29 is 28.8 Å². The molecule has 7 heteroatoms. The first-order chi connectivity index (χ1) is 18.1. The second-order valence-corrected chi connectivity index (χ2v) is 8.42. The molecule has 0 saturated heterocycles. The molecule has 0 heterocycles. The average molecular weight is 506 g/mol. The fraction of sp³-hybridized carbons (Fsp3) is 0.300. The van der Waals surface area contributed by atoms with Crippen LogP contribution in [-0.2, 0) is 43.6 Å². The number of rotatable bonds is 15. The number of carbonyl (C=O) groups excluding carboxylic acids is 1. The van der Waals surface area contributed by atoms with Crippen molar-refractivity contribution in [3.8, 4) is 0 Å². The fourth-order valence-corrected chi connectivity index (χ4v) is 3.61. The second kappa shape index (κ2) is 15.5. The highest BCUT2D eigenvalue weighted by Crippen LogP contribution is 2.25. The maximum absolute atomic E-state index is 11.6. The van der Waals surface area contributed by atoms with Crippen LogP contribution < -0.4 is 5.32 Å². The molecule has 0 aliphatic heterocycles. The molecule has 2 unspecified atom stereocenters. The Morgan fingerprint density at radius 1 is 0.757 bits per heavy atom. The van der Waals surface area contributed by atoms with Gasteiger partial charge in [0.1, 0.15) is 19.3 Å². The van der Waals surface area contributed by atoms with Crippen LogP contribution in [-0.4, -0.2) is 37.1 Å². The number of amides is 1. The Morgan fingerprint density at radius 3 is 1.68 bits per heavy atom. The van der Waals surface area contributed by atoms with Gasteiger partial charge in [0.05, 0.1) is 6.61 Å². The fourth-order valence-electron chi connectivity index (χ4n) is 3.61. The van der Waals surface area contributed by atoms with Crippen LogP contribution in [0.3, 0.4) is 0 Å². The SMILES string of the molecule is COC(O)/C(OCc1ccccc1)=C(\OCc1ccccc1)C(CCNC(C)=O)OCc1ccccc1. The lowest BCUT2D eigenvalue weighted by Crippen LogP contribution is -2.30. The van der Waals surface area contributed by atoms with Crippen molar-refractivity contribution in [3.63, 3.8) is 0 Å². The van der Waals surface area contributed by atoms with Crippen molar-refractivity contribution in [3.05, 3.63) is 119 Å². The molecule has 37 heavy (non-hydrogen) atoms. The number of hydrogen-bond acceptors (Lipinski definition) is 6. The number of aliphatic hydroxyl groups is 1. The van der Waals surface area contributed by atoms with E-state index in [1.807, 2.05) is 91.0 Å². The maximum Gasteiger partial charge on any atom is 0.217 e. The number of methoxy groups -OCH3 is 1. The number of carbonyl (C=O) groups is 1. The third-order valence-electron chi connectivity index (χ3n) is 5.53. The van der Waals surface area contributed by atoms with Crippen LogP contribution in [0.5, 0.6) is 0 Å². The Balaban J connectivity index is 1.94. The van der Waals surface area contributed by atoms with E-state index in [4.69, 9.17) is 18.9 Å². The van der Waals surface area contributed by atoms with Gasteiger partial charge < -0.3 is 29.4 Å². The summed E-state index contributed by atoms with van der Waals surface area (Å²) in [5.74, 6) is 0.300. The van der Waals surface area contributed by atoms with Crippen LogP contribution in [0.1, 0.15) is 30.0 Å². The summed E-state index contributed by atoms with van der Waals surface area (Å²) in [6.45, 7) is 2.55. The number of aliphatic hydroxyl groups excluding tert-OH is 1. The van der Waals surface area contributed by atoms with Gasteiger partial charge in [0.25, 0.3) is 0 Å². The molecule has 0 aliphatic carbocycles. The van der Waals surface area contributed by atoms with Crippen molar-refractivity contribution in [1.82, 2.24) is 5.32 Å². The van der Waals surface area contributed by atoms with Crippen molar-refractivity contribution in [2.24, 2.45) is 0 Å². The van der Waals surface area contributed by atoms with Gasteiger partial charge in [0.15, 0.2) is 11.5 Å². The molecule has 0 saturated carbocycles. The number of nitrogens with one attached hydrogen (secondary N) is 1. The first-order valence-corrected chi connectivity index (χ1v) is 12.2. The van der Waals surface area contributed by atoms with Gasteiger partial charge in [-0.25, -0.2) is 0 Å². The molecule has 0 aromatic heterocycles. The zero-order valence-corrected chi connectivity index (χ0v) is 21.3. The zero-order valence-electron chi connectivity index (χ0n) is 21.3. The zero-order chi connectivity index (χ0) is 26.3. The highest BCUT2D eigenvalue weighted by molar-refractivity contribution is 5.72. The van der Waals surface area contributed by atoms with Crippen LogP contribution >= 0.6 is 0 Å². The summed E-state index contributed by atoms with van der Waals surface area (Å²) < 4.78 is 24.0. The Labute approximate surface area is 218 Å². The molecule has 2 N–H and O–H groups in total. The lowest BCUT2D eigenvalue weighted by Gasteiger charge is -2.26. The van der Waals surface area contributed by atoms with Gasteiger partial charge in [-0.3, -0.25) is 4.79 Å². The van der Waals surface area contributed by atoms with Gasteiger partial charge in [-0.2, -0.15) is 0 Å². The van der Waals surface area contributed by atoms with Crippen LogP contribution in [0.15, 0.2) is 103 Å². The van der Waals surface area contributed by atoms with E-state index in [1.165, 1.54) is 14.0 Å². The molecule has 0 radical (unpaired) electrons. The Kier molecular flexibility index (Phi) is 11.7. The highest BCUT2D eigenvalue weighted by atomic mass is 16.6. The van der Waals surface area contributed by atoms with Crippen molar-refractivity contribution in [2.45, 2.75) is 45.6 Å². The first kappa shape index (κ1) is 27.9. The minimum absolute atomic E-state index is 0.128. The Morgan fingerprint density at radius 2 is 1.22 bits per heavy atom. The van der Waals surface area contributed by atoms with E-state index in [9.17, 15) is 9.90 Å². The molecule has 3 rings (SSSR count). The molecule has 7 nitrogen and oxygen atoms in total. The number of benzene rings is 3. The molecule has 1 amide bonds. The standard InChI is InChI=1S/C30H35NO6/c1-23(32)31-19-18-27(35-20-24-12-6-3-7-13-24)28(36-21-25-14-8-4-9-15-25)29(30(33)34-2)37-22-26-16-10-5-11-17-26/h3-17,27,30,33H,18-22H2,1-2H3,(H,31,32)/b29-28+. The average Bonchev–Trinajstić information content (AvgIpc) is 2.93. The van der Waals surface area contributed by atoms with E-state index >= 15 is 0 Å². The van der Waals surface area contributed by atoms with E-state index in [2.05, 4.69) is 5.32 Å². The van der Waals surface area contributed by atoms with E-state index in [1.54, 1.807) is 0 Å². The lowest BCUT2D eigenvalue weighted by molar-refractivity contribution is -0.119. The maximum atomic E-state index is 11.6. The second-order valence-electron chi connectivity index (χ2n) is 8.42. The number of hydrogen-bond donors (Lipinski definition) is 2. The third kappa shape index (κ3) is 9.73. The molecule has 0 aliphatic rings. The minimum Gasteiger partial charge on any atom is -0.487 e. The molecule has 196 valence electrons. The van der Waals surface area contributed by atoms with Crippen LogP contribution in [0.25, 0.3) is 0 Å². The largest absolute Gasteiger partial charge is 0.487 e. The lowest BCUT2D eigenvalue weighted by atomic mass is 10.1. The smallest absolute Gasteiger partial charge is 0.217 e. The van der Waals surface area contributed by atoms with Crippen LogP contribution in [0, 0.1) is 0 Å². The Hall–Kier alpha value is -3.65. The summed E-state index contributed by atoms with van der Waals surface area (Å²) in [7, 11) is 1.39. The van der Waals surface area contributed by atoms with Gasteiger partial charge in [-0.1, -0.05) is 91.0 Å². The summed E-state index contributed by atoms with van der Waals surface area (Å²) in [5, 5.41) is 13.6. The summed E-state index contributed by atoms with van der Waals surface area (Å²) in [6.07, 6.45) is -1.62. The molecule has 0 spiro atoms. The van der Waals surface area contributed by atoms with Gasteiger partial charge >= 0.3 is 0 Å². The first-order valence-electron chi connectivity index (χ1n) is 12.2. The quantitative estimate of drug-likeness (QED) is 0.230. The topological polar surface area (TPSA) is 86.3 Å². The third-order valence-corrected chi connectivity index (χ3v) is 5.53. The summed E-state index contributed by atoms with van der Waals surface area (Å²) >= 11 is 0. The van der Waals surface area contributed by atoms with E-state index in [-0.39, 0.29) is 24.9 Å². The van der Waals surface area contributed by atoms with E-state index < -0.39 is 12.4 Å². The minimum atomic E-state index is -1.38. The molecule has 3 aromatic rings. The summed E-state index contributed by atoms with van der Waals surface area (Å²) in [4.78, 5) is 11.6. The highest BCUT2D eigenvalue weighted by Gasteiger charge is 2.28. The van der Waals surface area contributed by atoms with Crippen LogP contribution in [0.4, 0.5) is 0 Å². The predicted octanol–water partition coefficient (Wildman–Crippen LogP) is 4.71. The molecular formula is C30H35NO6. The number of ether oxygens (including phenoxy) is 4. The summed E-state index contributed by atoms with van der Waals surface area (Å²) in [6, 6.07) is 29.1. The van der Waals surface area contributed by atoms with Gasteiger partial charge in [-0.05, 0) is 23.1 Å². The van der Waals surface area contributed by atoms with Crippen LogP contribution in [0.2, 0.25) is 0 Å². The van der Waals surface area contributed by atoms with Crippen molar-refractivity contribution >= 4 is 5.91 Å². The predicted molar refractivity (Wildman–Crippen MR) is 141 cm³/mol. The van der Waals surface area contributed by atoms with Gasteiger partial charge in [0, 0.05) is 20.6 Å². The Bertz CT molecular complexity index is 1090. The molecule has 0 bridgehead atoms.